The molecule has 0 aliphatic rings. The Hall–Kier alpha value is -4.16. The molecule has 0 N–H and O–H groups in total. The number of hydrogen-bond donors (Lipinski definition) is 0. The van der Waals surface area contributed by atoms with E-state index in [-0.39, 0.29) is 24.3 Å². The fourth-order valence-electron chi connectivity index (χ4n) is 2.93. The topological polar surface area (TPSA) is 142 Å². The van der Waals surface area contributed by atoms with Crippen molar-refractivity contribution >= 4 is 24.2 Å². The van der Waals surface area contributed by atoms with Gasteiger partial charge in [-0.15, -0.1) is 0 Å². The van der Waals surface area contributed by atoms with Crippen LogP contribution < -0.4 is 0 Å². The van der Waals surface area contributed by atoms with Gasteiger partial charge in [-0.1, -0.05) is 24.3 Å². The zero-order valence-corrected chi connectivity index (χ0v) is 20.9. The Morgan fingerprint density at radius 2 is 0.973 bits per heavy atom. The highest BCUT2D eigenvalue weighted by Crippen LogP contribution is 2.15. The zero-order valence-electron chi connectivity index (χ0n) is 20.9. The summed E-state index contributed by atoms with van der Waals surface area (Å²) in [5.74, 6) is -1.64. The van der Waals surface area contributed by atoms with Gasteiger partial charge < -0.3 is 9.47 Å². The number of aryl methyl sites for hydroxylation is 2. The first-order chi connectivity index (χ1) is 17.7. The summed E-state index contributed by atoms with van der Waals surface area (Å²) in [4.78, 5) is 64.0. The van der Waals surface area contributed by atoms with E-state index in [4.69, 9.17) is 9.47 Å². The Balaban J connectivity index is 1.47. The molecule has 0 atom stereocenters. The molecule has 200 valence electrons. The molecule has 0 amide bonds. The van der Waals surface area contributed by atoms with Crippen LogP contribution in [-0.4, -0.2) is 37.5 Å². The molecule has 0 unspecified atom stereocenters. The van der Waals surface area contributed by atoms with Crippen molar-refractivity contribution < 1.29 is 58.3 Å². The molecule has 0 bridgehead atoms. The van der Waals surface area contributed by atoms with Gasteiger partial charge in [0, 0.05) is 0 Å². The molecule has 2 rings (SSSR count). The number of carbonyl (C=O) groups is 4. The van der Waals surface area contributed by atoms with Gasteiger partial charge in [0.15, 0.2) is 0 Å². The lowest BCUT2D eigenvalue weighted by atomic mass is 10.0. The van der Waals surface area contributed by atoms with Crippen LogP contribution in [0.1, 0.15) is 62.2 Å². The van der Waals surface area contributed by atoms with Gasteiger partial charge in [0.1, 0.15) is 0 Å². The molecule has 2 aromatic carbocycles. The molecule has 0 spiro atoms. The second kappa shape index (κ2) is 15.1. The predicted molar refractivity (Wildman–Crippen MR) is 124 cm³/mol. The van der Waals surface area contributed by atoms with Crippen LogP contribution in [0.15, 0.2) is 36.4 Å². The summed E-state index contributed by atoms with van der Waals surface area (Å²) in [6.07, 6.45) is -1.03. The monoisotopic (exact) mass is 520 g/mol. The molecular weight excluding hydrogens is 492 g/mol. The first kappa shape index (κ1) is 29.1. The van der Waals surface area contributed by atoms with Crippen molar-refractivity contribution in [1.82, 2.24) is 0 Å². The molecule has 0 radical (unpaired) electrons. The third kappa shape index (κ3) is 9.78. The Kier molecular flexibility index (Phi) is 11.8. The van der Waals surface area contributed by atoms with Crippen LogP contribution >= 0.6 is 0 Å². The van der Waals surface area contributed by atoms with E-state index in [9.17, 15) is 19.2 Å². The van der Waals surface area contributed by atoms with Crippen LogP contribution in [-0.2, 0) is 39.1 Å². The van der Waals surface area contributed by atoms with Crippen molar-refractivity contribution in [2.75, 3.05) is 13.2 Å². The standard InChI is InChI=1S/C25H28O12/c1-16-10-8-12-20(18(16)3)22(26)32-36-34-24(28)30-14-6-5-7-15-31-25(29)35-37-33-23(27)21-13-9-11-17(2)19(21)4/h8-13H,5-7,14-15H2,1-4H3. The molecule has 12 heteroatoms. The fraction of sp³-hybridized carbons (Fsp3) is 0.360. The largest absolute Gasteiger partial charge is 0.543 e. The average molecular weight is 520 g/mol. The minimum absolute atomic E-state index is 0.0188. The van der Waals surface area contributed by atoms with Gasteiger partial charge >= 0.3 is 24.2 Å². The highest BCUT2D eigenvalue weighted by atomic mass is 17.5. The maximum absolute atomic E-state index is 11.9. The van der Waals surface area contributed by atoms with E-state index in [2.05, 4.69) is 29.6 Å². The van der Waals surface area contributed by atoms with E-state index in [0.29, 0.717) is 30.4 Å². The number of unbranched alkanes of at least 4 members (excludes halogenated alkanes) is 2. The van der Waals surface area contributed by atoms with Gasteiger partial charge in [-0.2, -0.15) is 0 Å². The Morgan fingerprint density at radius 1 is 0.568 bits per heavy atom. The smallest absolute Gasteiger partial charge is 0.432 e. The second-order valence-electron chi connectivity index (χ2n) is 7.80. The van der Waals surface area contributed by atoms with E-state index in [0.717, 1.165) is 11.1 Å². The van der Waals surface area contributed by atoms with Crippen LogP contribution in [0, 0.1) is 27.7 Å². The summed E-state index contributed by atoms with van der Waals surface area (Å²) in [6, 6.07) is 10.1. The molecule has 0 fully saturated rings. The van der Waals surface area contributed by atoms with E-state index in [1.165, 1.54) is 0 Å². The molecular formula is C25H28O12. The molecule has 0 aliphatic heterocycles. The number of ether oxygens (including phenoxy) is 2. The first-order valence-electron chi connectivity index (χ1n) is 11.3. The molecule has 0 saturated carbocycles. The zero-order chi connectivity index (χ0) is 27.2. The summed E-state index contributed by atoms with van der Waals surface area (Å²) in [5, 5.41) is 8.35. The van der Waals surface area contributed by atoms with Crippen molar-refractivity contribution in [1.29, 1.82) is 0 Å². The molecule has 0 saturated heterocycles. The van der Waals surface area contributed by atoms with Crippen LogP contribution in [0.5, 0.6) is 0 Å². The van der Waals surface area contributed by atoms with Gasteiger partial charge in [0.2, 0.25) is 0 Å². The SMILES string of the molecule is Cc1cccc(C(=O)OOOC(=O)OCCCCCOC(=O)OOOC(=O)c2cccc(C)c2C)c1C. The summed E-state index contributed by atoms with van der Waals surface area (Å²) < 4.78 is 9.50. The van der Waals surface area contributed by atoms with Gasteiger partial charge in [-0.05, 0) is 81.3 Å². The lowest BCUT2D eigenvalue weighted by Crippen LogP contribution is -2.14. The maximum atomic E-state index is 11.9. The number of carbonyl (C=O) groups excluding carboxylic acids is 4. The van der Waals surface area contributed by atoms with E-state index in [1.54, 1.807) is 38.1 Å². The highest BCUT2D eigenvalue weighted by Gasteiger charge is 2.16. The van der Waals surface area contributed by atoms with Crippen LogP contribution in [0.3, 0.4) is 0 Å². The number of benzene rings is 2. The minimum atomic E-state index is -1.19. The Morgan fingerprint density at radius 3 is 1.38 bits per heavy atom. The van der Waals surface area contributed by atoms with Gasteiger partial charge in [0.25, 0.3) is 0 Å². The number of rotatable bonds is 12. The van der Waals surface area contributed by atoms with Gasteiger partial charge in [-0.25, -0.2) is 29.0 Å². The van der Waals surface area contributed by atoms with Crippen molar-refractivity contribution in [2.45, 2.75) is 47.0 Å². The average Bonchev–Trinajstić information content (AvgIpc) is 2.86. The van der Waals surface area contributed by atoms with E-state index < -0.39 is 24.2 Å². The fourth-order valence-corrected chi connectivity index (χ4v) is 2.93. The van der Waals surface area contributed by atoms with Gasteiger partial charge in [-0.3, -0.25) is 9.78 Å². The first-order valence-corrected chi connectivity index (χ1v) is 11.3. The van der Waals surface area contributed by atoms with Crippen molar-refractivity contribution in [3.8, 4) is 0 Å². The minimum Gasteiger partial charge on any atom is -0.432 e. The molecule has 0 heterocycles. The van der Waals surface area contributed by atoms with Crippen LogP contribution in [0.2, 0.25) is 0 Å². The predicted octanol–water partition coefficient (Wildman–Crippen LogP) is 5.10. The lowest BCUT2D eigenvalue weighted by molar-refractivity contribution is -0.452. The van der Waals surface area contributed by atoms with Crippen LogP contribution in [0.25, 0.3) is 0 Å². The quantitative estimate of drug-likeness (QED) is 0.159. The molecule has 2 aromatic rings. The third-order valence-electron chi connectivity index (χ3n) is 5.30. The maximum Gasteiger partial charge on any atom is 0.543 e. The molecule has 37 heavy (non-hydrogen) atoms. The third-order valence-corrected chi connectivity index (χ3v) is 5.30. The lowest BCUT2D eigenvalue weighted by Gasteiger charge is -2.07. The van der Waals surface area contributed by atoms with Crippen molar-refractivity contribution in [3.63, 3.8) is 0 Å². The van der Waals surface area contributed by atoms with Crippen LogP contribution in [0.4, 0.5) is 9.59 Å². The Bertz CT molecular complexity index is 1010. The van der Waals surface area contributed by atoms with Gasteiger partial charge in [0.05, 0.1) is 34.4 Å². The van der Waals surface area contributed by atoms with Crippen molar-refractivity contribution in [3.05, 3.63) is 69.8 Å². The molecule has 12 nitrogen and oxygen atoms in total. The number of hydrogen-bond acceptors (Lipinski definition) is 12. The molecule has 0 aromatic heterocycles. The summed E-state index contributed by atoms with van der Waals surface area (Å²) in [5.41, 5.74) is 3.74. The highest BCUT2D eigenvalue weighted by molar-refractivity contribution is 5.91. The summed E-state index contributed by atoms with van der Waals surface area (Å²) in [6.45, 7) is 7.12. The summed E-state index contributed by atoms with van der Waals surface area (Å²) in [7, 11) is 0. The molecule has 0 aliphatic carbocycles. The normalized spacial score (nSPS) is 10.3. The summed E-state index contributed by atoms with van der Waals surface area (Å²) >= 11 is 0. The second-order valence-corrected chi connectivity index (χ2v) is 7.80. The van der Waals surface area contributed by atoms with E-state index >= 15 is 0 Å². The Labute approximate surface area is 213 Å². The van der Waals surface area contributed by atoms with E-state index in [1.807, 2.05) is 26.0 Å². The van der Waals surface area contributed by atoms with Crippen molar-refractivity contribution in [2.24, 2.45) is 0 Å².